The summed E-state index contributed by atoms with van der Waals surface area (Å²) in [5.74, 6) is 1.10. The van der Waals surface area contributed by atoms with E-state index in [1.54, 1.807) is 12.1 Å². The third kappa shape index (κ3) is 3.44. The Bertz CT molecular complexity index is 614. The molecule has 2 rings (SSSR count). The average Bonchev–Trinajstić information content (AvgIpc) is 2.40. The summed E-state index contributed by atoms with van der Waals surface area (Å²) >= 11 is 1.27. The van der Waals surface area contributed by atoms with Gasteiger partial charge in [-0.2, -0.15) is 8.42 Å². The standard InChI is InChI=1S/C12H16N2O4S2/c1-2-18-9-4-5-10-11(8-9)20(16,17)14-12(13-10)19-7-3-6-15/h4-5,8,15H,2-3,6-7H2,1H3,(H,13,14). The number of aliphatic hydroxyl groups is 1. The van der Waals surface area contributed by atoms with E-state index in [0.29, 0.717) is 35.4 Å². The normalized spacial score (nSPS) is 16.0. The second kappa shape index (κ2) is 6.47. The lowest BCUT2D eigenvalue weighted by molar-refractivity contribution is 0.296. The summed E-state index contributed by atoms with van der Waals surface area (Å²) in [6, 6.07) is 4.85. The smallest absolute Gasteiger partial charge is 0.286 e. The van der Waals surface area contributed by atoms with Gasteiger partial charge in [0.25, 0.3) is 10.0 Å². The van der Waals surface area contributed by atoms with Crippen molar-refractivity contribution < 1.29 is 18.3 Å². The minimum Gasteiger partial charge on any atom is -0.494 e. The Hall–Kier alpha value is -1.25. The molecule has 0 saturated carbocycles. The maximum atomic E-state index is 12.1. The molecule has 1 aliphatic rings. The molecule has 0 aromatic heterocycles. The molecule has 0 fully saturated rings. The lowest BCUT2D eigenvalue weighted by atomic mass is 10.3. The van der Waals surface area contributed by atoms with E-state index in [-0.39, 0.29) is 11.5 Å². The van der Waals surface area contributed by atoms with Gasteiger partial charge < -0.3 is 15.2 Å². The van der Waals surface area contributed by atoms with Crippen molar-refractivity contribution in [2.75, 3.05) is 24.3 Å². The number of aliphatic hydroxyl groups excluding tert-OH is 1. The first-order valence-electron chi connectivity index (χ1n) is 6.19. The Morgan fingerprint density at radius 2 is 2.25 bits per heavy atom. The number of benzene rings is 1. The van der Waals surface area contributed by atoms with Gasteiger partial charge in [0.2, 0.25) is 0 Å². The van der Waals surface area contributed by atoms with E-state index in [9.17, 15) is 8.42 Å². The van der Waals surface area contributed by atoms with Crippen LogP contribution in [0.5, 0.6) is 5.75 Å². The molecule has 2 N–H and O–H groups in total. The summed E-state index contributed by atoms with van der Waals surface area (Å²) in [4.78, 5) is 0.120. The van der Waals surface area contributed by atoms with Crippen molar-refractivity contribution in [2.24, 2.45) is 4.40 Å². The predicted octanol–water partition coefficient (Wildman–Crippen LogP) is 1.67. The zero-order chi connectivity index (χ0) is 14.6. The van der Waals surface area contributed by atoms with E-state index in [1.165, 1.54) is 17.8 Å². The third-order valence-electron chi connectivity index (χ3n) is 2.53. The molecule has 1 aromatic rings. The molecule has 1 heterocycles. The number of fused-ring (bicyclic) bond motifs is 1. The first-order chi connectivity index (χ1) is 9.56. The van der Waals surface area contributed by atoms with Crippen molar-refractivity contribution in [3.63, 3.8) is 0 Å². The first-order valence-corrected chi connectivity index (χ1v) is 8.62. The molecule has 20 heavy (non-hydrogen) atoms. The van der Waals surface area contributed by atoms with Crippen LogP contribution in [0.4, 0.5) is 5.69 Å². The quantitative estimate of drug-likeness (QED) is 0.804. The van der Waals surface area contributed by atoms with Crippen molar-refractivity contribution in [3.8, 4) is 5.75 Å². The maximum absolute atomic E-state index is 12.1. The summed E-state index contributed by atoms with van der Waals surface area (Å²) in [5.41, 5.74) is 0.495. The summed E-state index contributed by atoms with van der Waals surface area (Å²) in [6.45, 7) is 2.37. The Morgan fingerprint density at radius 1 is 1.45 bits per heavy atom. The Balaban J connectivity index is 2.25. The number of hydrogen-bond donors (Lipinski definition) is 2. The SMILES string of the molecule is CCOc1ccc2c(c1)S(=O)(=O)N=C(SCCCO)N2. The number of sulfonamides is 1. The van der Waals surface area contributed by atoms with Crippen LogP contribution >= 0.6 is 11.8 Å². The molecule has 0 aliphatic carbocycles. The lowest BCUT2D eigenvalue weighted by Crippen LogP contribution is -2.19. The molecule has 0 atom stereocenters. The van der Waals surface area contributed by atoms with E-state index in [1.807, 2.05) is 6.92 Å². The predicted molar refractivity (Wildman–Crippen MR) is 80.0 cm³/mol. The van der Waals surface area contributed by atoms with Gasteiger partial charge in [-0.1, -0.05) is 11.8 Å². The number of nitrogens with zero attached hydrogens (tertiary/aromatic N) is 1. The fourth-order valence-corrected chi connectivity index (χ4v) is 3.85. The second-order valence-electron chi connectivity index (χ2n) is 4.01. The molecular weight excluding hydrogens is 300 g/mol. The van der Waals surface area contributed by atoms with E-state index in [2.05, 4.69) is 9.71 Å². The number of anilines is 1. The van der Waals surface area contributed by atoms with Gasteiger partial charge in [-0.3, -0.25) is 0 Å². The number of amidine groups is 1. The Kier molecular flexibility index (Phi) is 4.90. The third-order valence-corrected chi connectivity index (χ3v) is 4.92. The van der Waals surface area contributed by atoms with E-state index < -0.39 is 10.0 Å². The minimum absolute atomic E-state index is 0.0708. The van der Waals surface area contributed by atoms with Gasteiger partial charge >= 0.3 is 0 Å². The van der Waals surface area contributed by atoms with Crippen LogP contribution in [0, 0.1) is 0 Å². The molecule has 0 radical (unpaired) electrons. The van der Waals surface area contributed by atoms with Crippen molar-refractivity contribution in [1.29, 1.82) is 0 Å². The van der Waals surface area contributed by atoms with Crippen LogP contribution in [0.25, 0.3) is 0 Å². The average molecular weight is 316 g/mol. The number of thioether (sulfide) groups is 1. The molecule has 0 saturated heterocycles. The molecule has 0 spiro atoms. The summed E-state index contributed by atoms with van der Waals surface area (Å²) < 4.78 is 33.3. The summed E-state index contributed by atoms with van der Waals surface area (Å²) in [6.07, 6.45) is 0.585. The van der Waals surface area contributed by atoms with Crippen molar-refractivity contribution >= 4 is 32.6 Å². The van der Waals surface area contributed by atoms with Crippen LogP contribution in [0.3, 0.4) is 0 Å². The molecule has 0 amide bonds. The number of ether oxygens (including phenoxy) is 1. The van der Waals surface area contributed by atoms with Crippen LogP contribution in [0.1, 0.15) is 13.3 Å². The van der Waals surface area contributed by atoms with Gasteiger partial charge in [0.05, 0.1) is 12.3 Å². The highest BCUT2D eigenvalue weighted by atomic mass is 32.2. The fraction of sp³-hybridized carbons (Fsp3) is 0.417. The van der Waals surface area contributed by atoms with E-state index in [0.717, 1.165) is 0 Å². The molecule has 1 aromatic carbocycles. The number of nitrogens with one attached hydrogen (secondary N) is 1. The highest BCUT2D eigenvalue weighted by Gasteiger charge is 2.25. The van der Waals surface area contributed by atoms with Gasteiger partial charge in [0.1, 0.15) is 10.6 Å². The van der Waals surface area contributed by atoms with Crippen molar-refractivity contribution in [1.82, 2.24) is 0 Å². The lowest BCUT2D eigenvalue weighted by Gasteiger charge is -2.18. The van der Waals surface area contributed by atoms with Gasteiger partial charge in [-0.25, -0.2) is 0 Å². The molecule has 6 nitrogen and oxygen atoms in total. The van der Waals surface area contributed by atoms with E-state index in [4.69, 9.17) is 9.84 Å². The second-order valence-corrected chi connectivity index (χ2v) is 6.67. The zero-order valence-electron chi connectivity index (χ0n) is 11.0. The molecule has 0 unspecified atom stereocenters. The highest BCUT2D eigenvalue weighted by Crippen LogP contribution is 2.32. The van der Waals surface area contributed by atoms with Crippen LogP contribution in [0.15, 0.2) is 27.5 Å². The number of rotatable bonds is 5. The number of hydrogen-bond acceptors (Lipinski definition) is 6. The summed E-state index contributed by atoms with van der Waals surface area (Å²) in [5, 5.41) is 12.0. The summed E-state index contributed by atoms with van der Waals surface area (Å²) in [7, 11) is -3.71. The Morgan fingerprint density at radius 3 is 2.95 bits per heavy atom. The van der Waals surface area contributed by atoms with Crippen LogP contribution in [-0.2, 0) is 10.0 Å². The first kappa shape index (κ1) is 15.1. The molecule has 0 bridgehead atoms. The Labute approximate surface area is 122 Å². The minimum atomic E-state index is -3.71. The van der Waals surface area contributed by atoms with Crippen molar-refractivity contribution in [3.05, 3.63) is 18.2 Å². The van der Waals surface area contributed by atoms with Crippen LogP contribution in [-0.4, -0.2) is 37.7 Å². The molecule has 8 heteroatoms. The van der Waals surface area contributed by atoms with Gasteiger partial charge in [-0.05, 0) is 25.5 Å². The monoisotopic (exact) mass is 316 g/mol. The zero-order valence-corrected chi connectivity index (χ0v) is 12.6. The highest BCUT2D eigenvalue weighted by molar-refractivity contribution is 8.14. The van der Waals surface area contributed by atoms with Crippen LogP contribution < -0.4 is 10.1 Å². The van der Waals surface area contributed by atoms with Gasteiger partial charge in [0.15, 0.2) is 5.17 Å². The topological polar surface area (TPSA) is 88.0 Å². The molecule has 1 aliphatic heterocycles. The molecule has 110 valence electrons. The largest absolute Gasteiger partial charge is 0.494 e. The molecular formula is C12H16N2O4S2. The fourth-order valence-electron chi connectivity index (χ4n) is 1.67. The van der Waals surface area contributed by atoms with Crippen LogP contribution in [0.2, 0.25) is 0 Å². The van der Waals surface area contributed by atoms with E-state index >= 15 is 0 Å². The van der Waals surface area contributed by atoms with Gasteiger partial charge in [-0.15, -0.1) is 4.40 Å². The van der Waals surface area contributed by atoms with Crippen molar-refractivity contribution in [2.45, 2.75) is 18.2 Å². The van der Waals surface area contributed by atoms with Gasteiger partial charge in [0, 0.05) is 18.4 Å². The maximum Gasteiger partial charge on any atom is 0.286 e.